The molecule has 1 saturated carbocycles. The van der Waals surface area contributed by atoms with E-state index in [1.807, 2.05) is 6.92 Å². The van der Waals surface area contributed by atoms with Crippen molar-refractivity contribution in [1.29, 1.82) is 0 Å². The molecule has 2 N–H and O–H groups in total. The van der Waals surface area contributed by atoms with E-state index in [1.54, 1.807) is 0 Å². The van der Waals surface area contributed by atoms with E-state index in [0.717, 1.165) is 5.82 Å². The van der Waals surface area contributed by atoms with Gasteiger partial charge < -0.3 is 10.3 Å². The molecular formula is C11H19N3O. The molecule has 1 fully saturated rings. The minimum Gasteiger partial charge on any atom is -0.339 e. The van der Waals surface area contributed by atoms with Gasteiger partial charge in [-0.3, -0.25) is 0 Å². The Morgan fingerprint density at radius 1 is 1.40 bits per heavy atom. The monoisotopic (exact) mass is 209 g/mol. The highest BCUT2D eigenvalue weighted by atomic mass is 16.5. The molecule has 84 valence electrons. The Hall–Kier alpha value is -0.900. The Balaban J connectivity index is 1.99. The van der Waals surface area contributed by atoms with E-state index < -0.39 is 0 Å². The van der Waals surface area contributed by atoms with Crippen molar-refractivity contribution in [1.82, 2.24) is 10.1 Å². The third-order valence-corrected chi connectivity index (χ3v) is 2.95. The molecule has 1 aliphatic rings. The van der Waals surface area contributed by atoms with Crippen LogP contribution in [0.15, 0.2) is 4.52 Å². The molecule has 0 amide bonds. The first-order valence-electron chi connectivity index (χ1n) is 5.84. The highest BCUT2D eigenvalue weighted by Crippen LogP contribution is 2.30. The molecule has 0 aromatic carbocycles. The van der Waals surface area contributed by atoms with Gasteiger partial charge in [-0.2, -0.15) is 4.98 Å². The summed E-state index contributed by atoms with van der Waals surface area (Å²) in [5.41, 5.74) is 5.68. The molecule has 1 aliphatic carbocycles. The first kappa shape index (κ1) is 10.6. The maximum Gasteiger partial charge on any atom is 0.228 e. The zero-order chi connectivity index (χ0) is 10.7. The van der Waals surface area contributed by atoms with Gasteiger partial charge in [0.15, 0.2) is 5.82 Å². The Labute approximate surface area is 90.2 Å². The predicted molar refractivity (Wildman–Crippen MR) is 57.5 cm³/mol. The molecule has 0 saturated heterocycles. The molecule has 1 aromatic heterocycles. The summed E-state index contributed by atoms with van der Waals surface area (Å²) in [6, 6.07) is 0.0876. The van der Waals surface area contributed by atoms with E-state index in [0.29, 0.717) is 18.2 Å². The molecule has 4 heteroatoms. The largest absolute Gasteiger partial charge is 0.339 e. The molecular weight excluding hydrogens is 190 g/mol. The lowest BCUT2D eigenvalue weighted by Gasteiger charge is -2.17. The van der Waals surface area contributed by atoms with Gasteiger partial charge >= 0.3 is 0 Å². The molecule has 4 nitrogen and oxygen atoms in total. The van der Waals surface area contributed by atoms with E-state index >= 15 is 0 Å². The van der Waals surface area contributed by atoms with Crippen LogP contribution in [-0.4, -0.2) is 16.2 Å². The maximum absolute atomic E-state index is 5.68. The fourth-order valence-corrected chi connectivity index (χ4v) is 2.15. The molecule has 15 heavy (non-hydrogen) atoms. The fraction of sp³-hybridized carbons (Fsp3) is 0.818. The maximum atomic E-state index is 5.68. The van der Waals surface area contributed by atoms with Gasteiger partial charge in [0, 0.05) is 18.4 Å². The summed E-state index contributed by atoms with van der Waals surface area (Å²) in [7, 11) is 0. The van der Waals surface area contributed by atoms with Crippen molar-refractivity contribution in [2.45, 2.75) is 57.4 Å². The highest BCUT2D eigenvalue weighted by Gasteiger charge is 2.20. The highest BCUT2D eigenvalue weighted by molar-refractivity contribution is 4.97. The zero-order valence-electron chi connectivity index (χ0n) is 9.28. The third kappa shape index (κ3) is 2.78. The average molecular weight is 209 g/mol. The topological polar surface area (TPSA) is 64.9 Å². The summed E-state index contributed by atoms with van der Waals surface area (Å²) in [6.45, 7) is 1.95. The van der Waals surface area contributed by atoms with Crippen LogP contribution in [0, 0.1) is 0 Å². The molecule has 1 unspecified atom stereocenters. The standard InChI is InChI=1S/C11H19N3O/c1-8(12)7-10-13-11(14-15-10)9-5-3-2-4-6-9/h8-9H,2-7,12H2,1H3. The average Bonchev–Trinajstić information content (AvgIpc) is 2.67. The fourth-order valence-electron chi connectivity index (χ4n) is 2.15. The lowest BCUT2D eigenvalue weighted by molar-refractivity contribution is 0.353. The Kier molecular flexibility index (Phi) is 3.36. The van der Waals surface area contributed by atoms with Gasteiger partial charge in [0.1, 0.15) is 0 Å². The molecule has 0 radical (unpaired) electrons. The lowest BCUT2D eigenvalue weighted by Crippen LogP contribution is -2.18. The number of nitrogens with zero attached hydrogens (tertiary/aromatic N) is 2. The van der Waals surface area contributed by atoms with E-state index in [1.165, 1.54) is 32.1 Å². The van der Waals surface area contributed by atoms with Crippen molar-refractivity contribution < 1.29 is 4.52 Å². The van der Waals surface area contributed by atoms with Crippen LogP contribution in [0.1, 0.15) is 56.7 Å². The second-order valence-corrected chi connectivity index (χ2v) is 4.56. The summed E-state index contributed by atoms with van der Waals surface area (Å²) < 4.78 is 5.19. The van der Waals surface area contributed by atoms with Crippen LogP contribution in [0.2, 0.25) is 0 Å². The van der Waals surface area contributed by atoms with Crippen LogP contribution in [-0.2, 0) is 6.42 Å². The molecule has 0 aliphatic heterocycles. The number of hydrogen-bond acceptors (Lipinski definition) is 4. The molecule has 0 spiro atoms. The minimum absolute atomic E-state index is 0.0876. The van der Waals surface area contributed by atoms with Crippen molar-refractivity contribution >= 4 is 0 Å². The van der Waals surface area contributed by atoms with Gasteiger partial charge in [-0.15, -0.1) is 0 Å². The summed E-state index contributed by atoms with van der Waals surface area (Å²) in [5, 5.41) is 4.05. The smallest absolute Gasteiger partial charge is 0.228 e. The number of hydrogen-bond donors (Lipinski definition) is 1. The predicted octanol–water partition coefficient (Wildman–Crippen LogP) is 2.01. The lowest BCUT2D eigenvalue weighted by atomic mass is 9.89. The summed E-state index contributed by atoms with van der Waals surface area (Å²) >= 11 is 0. The minimum atomic E-state index is 0.0876. The van der Waals surface area contributed by atoms with E-state index in [4.69, 9.17) is 10.3 Å². The van der Waals surface area contributed by atoms with Crippen molar-refractivity contribution in [3.63, 3.8) is 0 Å². The molecule has 0 bridgehead atoms. The van der Waals surface area contributed by atoms with Crippen LogP contribution >= 0.6 is 0 Å². The second-order valence-electron chi connectivity index (χ2n) is 4.56. The van der Waals surface area contributed by atoms with Crippen molar-refractivity contribution in [2.75, 3.05) is 0 Å². The van der Waals surface area contributed by atoms with Crippen LogP contribution in [0.25, 0.3) is 0 Å². The summed E-state index contributed by atoms with van der Waals surface area (Å²) in [4.78, 5) is 4.42. The van der Waals surface area contributed by atoms with Crippen LogP contribution < -0.4 is 5.73 Å². The van der Waals surface area contributed by atoms with Crippen molar-refractivity contribution in [3.05, 3.63) is 11.7 Å². The zero-order valence-corrected chi connectivity index (χ0v) is 9.28. The van der Waals surface area contributed by atoms with Gasteiger partial charge in [-0.1, -0.05) is 24.4 Å². The number of aromatic nitrogens is 2. The third-order valence-electron chi connectivity index (χ3n) is 2.95. The number of nitrogens with two attached hydrogens (primary N) is 1. The second kappa shape index (κ2) is 4.75. The van der Waals surface area contributed by atoms with Gasteiger partial charge in [0.2, 0.25) is 5.89 Å². The SMILES string of the molecule is CC(N)Cc1nc(C2CCCCC2)no1. The molecule has 2 rings (SSSR count). The van der Waals surface area contributed by atoms with Gasteiger partial charge in [0.25, 0.3) is 0 Å². The van der Waals surface area contributed by atoms with E-state index in [-0.39, 0.29) is 6.04 Å². The number of rotatable bonds is 3. The van der Waals surface area contributed by atoms with E-state index in [2.05, 4.69) is 10.1 Å². The summed E-state index contributed by atoms with van der Waals surface area (Å²) in [6.07, 6.45) is 7.03. The first-order valence-corrected chi connectivity index (χ1v) is 5.84. The summed E-state index contributed by atoms with van der Waals surface area (Å²) in [5.74, 6) is 2.10. The van der Waals surface area contributed by atoms with E-state index in [9.17, 15) is 0 Å². The molecule has 1 atom stereocenters. The van der Waals surface area contributed by atoms with Gasteiger partial charge in [-0.25, -0.2) is 0 Å². The van der Waals surface area contributed by atoms with Gasteiger partial charge in [0.05, 0.1) is 0 Å². The quantitative estimate of drug-likeness (QED) is 0.827. The van der Waals surface area contributed by atoms with Crippen molar-refractivity contribution in [3.8, 4) is 0 Å². The Bertz CT molecular complexity index is 303. The Morgan fingerprint density at radius 3 is 2.80 bits per heavy atom. The van der Waals surface area contributed by atoms with Crippen LogP contribution in [0.4, 0.5) is 0 Å². The normalized spacial score (nSPS) is 20.4. The molecule has 1 aromatic rings. The molecule has 1 heterocycles. The van der Waals surface area contributed by atoms with Crippen LogP contribution in [0.5, 0.6) is 0 Å². The first-order chi connectivity index (χ1) is 7.25. The van der Waals surface area contributed by atoms with Crippen LogP contribution in [0.3, 0.4) is 0 Å². The van der Waals surface area contributed by atoms with Crippen molar-refractivity contribution in [2.24, 2.45) is 5.73 Å². The van der Waals surface area contributed by atoms with Gasteiger partial charge in [-0.05, 0) is 19.8 Å². The Morgan fingerprint density at radius 2 is 2.13 bits per heavy atom.